The number of carbonyl (C=O) groups excluding carboxylic acids is 1. The fourth-order valence-electron chi connectivity index (χ4n) is 4.58. The Bertz CT molecular complexity index is 1030. The number of ether oxygens (including phenoxy) is 2. The van der Waals surface area contributed by atoms with Crippen molar-refractivity contribution in [3.8, 4) is 5.75 Å². The van der Waals surface area contributed by atoms with Gasteiger partial charge in [0, 0.05) is 18.5 Å². The number of halogens is 1. The maximum absolute atomic E-state index is 14.1. The zero-order valence-electron chi connectivity index (χ0n) is 19.4. The maximum Gasteiger partial charge on any atom is 0.459 e. The van der Waals surface area contributed by atoms with Gasteiger partial charge in [-0.1, -0.05) is 29.8 Å². The molecule has 0 aromatic heterocycles. The summed E-state index contributed by atoms with van der Waals surface area (Å²) in [5.41, 5.74) is 0.302. The van der Waals surface area contributed by atoms with Gasteiger partial charge in [-0.2, -0.15) is 0 Å². The highest BCUT2D eigenvalue weighted by atomic mass is 35.5. The van der Waals surface area contributed by atoms with E-state index in [2.05, 4.69) is 0 Å². The standard InChI is InChI=1S/C24H29BClNO5/c1-22(2)23(3,4)32-25(31-22)14-24(16-8-7-9-18(12-16)30-6)19-11-10-17(26)13-20(19)27(15-29-5)21(24)28/h7-13H,14-15H2,1-6H3/t24-/m0/s1. The lowest BCUT2D eigenvalue weighted by molar-refractivity contribution is -0.122. The van der Waals surface area contributed by atoms with Gasteiger partial charge < -0.3 is 18.8 Å². The molecule has 1 amide bonds. The van der Waals surface area contributed by atoms with E-state index >= 15 is 0 Å². The van der Waals surface area contributed by atoms with Gasteiger partial charge >= 0.3 is 7.12 Å². The van der Waals surface area contributed by atoms with E-state index in [4.69, 9.17) is 30.4 Å². The average molecular weight is 458 g/mol. The molecule has 2 aliphatic heterocycles. The van der Waals surface area contributed by atoms with Crippen molar-refractivity contribution < 1.29 is 23.6 Å². The molecule has 2 aromatic rings. The molecule has 0 spiro atoms. The molecule has 0 aliphatic carbocycles. The largest absolute Gasteiger partial charge is 0.497 e. The van der Waals surface area contributed by atoms with Crippen molar-refractivity contribution in [2.24, 2.45) is 0 Å². The van der Waals surface area contributed by atoms with E-state index in [-0.39, 0.29) is 12.6 Å². The van der Waals surface area contributed by atoms with Crippen molar-refractivity contribution in [2.45, 2.75) is 50.6 Å². The first-order chi connectivity index (χ1) is 15.1. The molecule has 1 fully saturated rings. The SMILES string of the molecule is COCN1C(=O)[C@@](CB2OC(C)(C)C(C)(C)O2)(c2cccc(OC)c2)c2ccc(Cl)cc21. The Kier molecular flexibility index (Phi) is 5.82. The number of amides is 1. The Morgan fingerprint density at radius 1 is 1.03 bits per heavy atom. The zero-order chi connectivity index (χ0) is 23.3. The second-order valence-electron chi connectivity index (χ2n) is 9.34. The number of nitrogens with zero attached hydrogens (tertiary/aromatic N) is 1. The second-order valence-corrected chi connectivity index (χ2v) is 9.78. The van der Waals surface area contributed by atoms with Crippen LogP contribution in [0.1, 0.15) is 38.8 Å². The Labute approximate surface area is 194 Å². The van der Waals surface area contributed by atoms with Crippen LogP contribution in [-0.4, -0.2) is 45.2 Å². The Balaban J connectivity index is 1.90. The van der Waals surface area contributed by atoms with Crippen LogP contribution in [-0.2, 0) is 24.3 Å². The third-order valence-corrected chi connectivity index (χ3v) is 7.15. The molecular formula is C24H29BClNO5. The molecule has 0 bridgehead atoms. The quantitative estimate of drug-likeness (QED) is 0.590. The number of fused-ring (bicyclic) bond motifs is 1. The van der Waals surface area contributed by atoms with Crippen molar-refractivity contribution in [1.29, 1.82) is 0 Å². The first-order valence-electron chi connectivity index (χ1n) is 10.7. The molecule has 0 N–H and O–H groups in total. The van der Waals surface area contributed by atoms with Crippen LogP contribution in [0.25, 0.3) is 0 Å². The van der Waals surface area contributed by atoms with Gasteiger partial charge in [-0.15, -0.1) is 0 Å². The van der Waals surface area contributed by atoms with Crippen LogP contribution < -0.4 is 9.64 Å². The van der Waals surface area contributed by atoms with E-state index in [0.29, 0.717) is 17.1 Å². The predicted octanol–water partition coefficient (Wildman–Crippen LogP) is 4.68. The van der Waals surface area contributed by atoms with Crippen LogP contribution in [0.3, 0.4) is 0 Å². The fraction of sp³-hybridized carbons (Fsp3) is 0.458. The van der Waals surface area contributed by atoms with Crippen LogP contribution in [0.5, 0.6) is 5.75 Å². The minimum absolute atomic E-state index is 0.111. The van der Waals surface area contributed by atoms with Crippen LogP contribution >= 0.6 is 11.6 Å². The third-order valence-electron chi connectivity index (χ3n) is 6.92. The van der Waals surface area contributed by atoms with Crippen molar-refractivity contribution in [3.63, 3.8) is 0 Å². The van der Waals surface area contributed by atoms with Gasteiger partial charge in [0.1, 0.15) is 17.9 Å². The lowest BCUT2D eigenvalue weighted by atomic mass is 9.61. The topological polar surface area (TPSA) is 57.2 Å². The molecule has 0 unspecified atom stereocenters. The molecule has 2 heterocycles. The highest BCUT2D eigenvalue weighted by molar-refractivity contribution is 6.47. The van der Waals surface area contributed by atoms with Crippen molar-refractivity contribution >= 4 is 30.3 Å². The maximum atomic E-state index is 14.1. The summed E-state index contributed by atoms with van der Waals surface area (Å²) in [6.07, 6.45) is 0.306. The van der Waals surface area contributed by atoms with E-state index in [1.54, 1.807) is 25.2 Å². The molecule has 8 heteroatoms. The molecule has 0 radical (unpaired) electrons. The van der Waals surface area contributed by atoms with Crippen molar-refractivity contribution in [1.82, 2.24) is 0 Å². The van der Waals surface area contributed by atoms with Crippen molar-refractivity contribution in [3.05, 3.63) is 58.6 Å². The number of hydrogen-bond acceptors (Lipinski definition) is 5. The smallest absolute Gasteiger partial charge is 0.459 e. The molecule has 4 rings (SSSR count). The third kappa shape index (κ3) is 3.52. The average Bonchev–Trinajstić information content (AvgIpc) is 3.08. The number of methoxy groups -OCH3 is 2. The molecule has 6 nitrogen and oxygen atoms in total. The molecule has 0 saturated carbocycles. The molecule has 1 saturated heterocycles. The Hall–Kier alpha value is -2.06. The molecule has 1 atom stereocenters. The highest BCUT2D eigenvalue weighted by Gasteiger charge is 2.59. The lowest BCUT2D eigenvalue weighted by Crippen LogP contribution is -2.45. The van der Waals surface area contributed by atoms with Gasteiger partial charge in [-0.3, -0.25) is 9.69 Å². The van der Waals surface area contributed by atoms with Gasteiger partial charge in [0.2, 0.25) is 5.91 Å². The minimum atomic E-state index is -1.05. The van der Waals surface area contributed by atoms with Crippen LogP contribution in [0.2, 0.25) is 11.3 Å². The number of carbonyl (C=O) groups is 1. The molecule has 170 valence electrons. The highest BCUT2D eigenvalue weighted by Crippen LogP contribution is 2.52. The van der Waals surface area contributed by atoms with Gasteiger partial charge in [0.15, 0.2) is 0 Å². The summed E-state index contributed by atoms with van der Waals surface area (Å²) in [6, 6.07) is 13.1. The number of benzene rings is 2. The summed E-state index contributed by atoms with van der Waals surface area (Å²) in [5.74, 6) is 0.559. The molecular weight excluding hydrogens is 429 g/mol. The van der Waals surface area contributed by atoms with Crippen LogP contribution in [0.15, 0.2) is 42.5 Å². The molecule has 2 aromatic carbocycles. The summed E-state index contributed by atoms with van der Waals surface area (Å²) in [4.78, 5) is 15.8. The van der Waals surface area contributed by atoms with Crippen molar-refractivity contribution in [2.75, 3.05) is 25.9 Å². The van der Waals surface area contributed by atoms with Gasteiger partial charge in [-0.05, 0) is 63.1 Å². The molecule has 32 heavy (non-hydrogen) atoms. The number of anilines is 1. The summed E-state index contributed by atoms with van der Waals surface area (Å²) < 4.78 is 23.5. The summed E-state index contributed by atoms with van der Waals surface area (Å²) in [7, 11) is 2.60. The molecule has 2 aliphatic rings. The lowest BCUT2D eigenvalue weighted by Gasteiger charge is -2.32. The first kappa shape index (κ1) is 23.1. The summed E-state index contributed by atoms with van der Waals surface area (Å²) >= 11 is 6.32. The monoisotopic (exact) mass is 457 g/mol. The van der Waals surface area contributed by atoms with E-state index < -0.39 is 23.7 Å². The van der Waals surface area contributed by atoms with Crippen LogP contribution in [0, 0.1) is 0 Å². The number of rotatable bonds is 6. The van der Waals surface area contributed by atoms with Gasteiger partial charge in [-0.25, -0.2) is 0 Å². The van der Waals surface area contributed by atoms with E-state index in [1.165, 1.54) is 0 Å². The minimum Gasteiger partial charge on any atom is -0.497 e. The summed E-state index contributed by atoms with van der Waals surface area (Å²) in [5, 5.41) is 0.551. The van der Waals surface area contributed by atoms with Gasteiger partial charge in [0.05, 0.1) is 24.0 Å². The zero-order valence-corrected chi connectivity index (χ0v) is 20.2. The predicted molar refractivity (Wildman–Crippen MR) is 125 cm³/mol. The normalized spacial score (nSPS) is 23.5. The van der Waals surface area contributed by atoms with E-state index in [1.807, 2.05) is 64.1 Å². The fourth-order valence-corrected chi connectivity index (χ4v) is 4.75. The summed E-state index contributed by atoms with van der Waals surface area (Å²) in [6.45, 7) is 8.14. The Morgan fingerprint density at radius 3 is 2.34 bits per heavy atom. The first-order valence-corrected chi connectivity index (χ1v) is 11.0. The van der Waals surface area contributed by atoms with E-state index in [0.717, 1.165) is 16.8 Å². The van der Waals surface area contributed by atoms with E-state index in [9.17, 15) is 4.79 Å². The number of hydrogen-bond donors (Lipinski definition) is 0. The second kappa shape index (κ2) is 8.06. The Morgan fingerprint density at radius 2 is 1.72 bits per heavy atom. The van der Waals surface area contributed by atoms with Crippen LogP contribution in [0.4, 0.5) is 5.69 Å². The van der Waals surface area contributed by atoms with Gasteiger partial charge in [0.25, 0.3) is 0 Å².